The van der Waals surface area contributed by atoms with E-state index in [4.69, 9.17) is 10.8 Å². The predicted molar refractivity (Wildman–Crippen MR) is 66.4 cm³/mol. The van der Waals surface area contributed by atoms with Crippen LogP contribution in [-0.2, 0) is 0 Å². The molecule has 0 radical (unpaired) electrons. The number of halogens is 1. The molecule has 0 saturated heterocycles. The second-order valence-corrected chi connectivity index (χ2v) is 3.83. The third-order valence-electron chi connectivity index (χ3n) is 2.51. The van der Waals surface area contributed by atoms with Crippen molar-refractivity contribution in [3.8, 4) is 0 Å². The molecule has 0 aliphatic carbocycles. The lowest BCUT2D eigenvalue weighted by atomic mass is 9.96. The molecule has 0 spiro atoms. The van der Waals surface area contributed by atoms with Crippen molar-refractivity contribution in [2.75, 3.05) is 6.61 Å². The number of benzene rings is 1. The Balaban J connectivity index is 0.00000196. The molecule has 1 rings (SSSR count). The Morgan fingerprint density at radius 3 is 2.60 bits per heavy atom. The first-order valence-electron chi connectivity index (χ1n) is 5.08. The van der Waals surface area contributed by atoms with Gasteiger partial charge in [0.05, 0.1) is 0 Å². The fraction of sp³-hybridized carbons (Fsp3) is 0.500. The molecule has 3 heteroatoms. The summed E-state index contributed by atoms with van der Waals surface area (Å²) in [5, 5.41) is 8.73. The summed E-state index contributed by atoms with van der Waals surface area (Å²) < 4.78 is 0. The van der Waals surface area contributed by atoms with Crippen molar-refractivity contribution in [3.05, 3.63) is 34.9 Å². The van der Waals surface area contributed by atoms with Crippen molar-refractivity contribution in [1.29, 1.82) is 0 Å². The number of rotatable bonds is 4. The average molecular weight is 230 g/mol. The topological polar surface area (TPSA) is 46.2 Å². The smallest absolute Gasteiger partial charge is 0.0431 e. The largest absolute Gasteiger partial charge is 0.396 e. The van der Waals surface area contributed by atoms with Gasteiger partial charge in [-0.05, 0) is 37.8 Å². The van der Waals surface area contributed by atoms with Crippen LogP contribution in [0.15, 0.2) is 18.2 Å². The van der Waals surface area contributed by atoms with Crippen LogP contribution in [0, 0.1) is 13.8 Å². The molecule has 0 aliphatic rings. The molecular formula is C12H20ClNO. The number of aryl methyl sites for hydroxylation is 2. The van der Waals surface area contributed by atoms with Gasteiger partial charge in [0.25, 0.3) is 0 Å². The van der Waals surface area contributed by atoms with Crippen molar-refractivity contribution in [3.63, 3.8) is 0 Å². The van der Waals surface area contributed by atoms with E-state index in [2.05, 4.69) is 32.0 Å². The summed E-state index contributed by atoms with van der Waals surface area (Å²) in [6.07, 6.45) is 1.62. The molecular weight excluding hydrogens is 210 g/mol. The number of hydrogen-bond acceptors (Lipinski definition) is 2. The van der Waals surface area contributed by atoms with E-state index in [1.165, 1.54) is 16.7 Å². The summed E-state index contributed by atoms with van der Waals surface area (Å²) in [7, 11) is 0. The van der Waals surface area contributed by atoms with E-state index in [0.29, 0.717) is 0 Å². The van der Waals surface area contributed by atoms with Gasteiger partial charge in [0.2, 0.25) is 0 Å². The SMILES string of the molecule is Cc1ccc(C)c([C@@H](N)CCCO)c1.Cl. The predicted octanol–water partition coefficient (Wildman–Crippen LogP) is 2.50. The van der Waals surface area contributed by atoms with Crippen LogP contribution in [0.25, 0.3) is 0 Å². The lowest BCUT2D eigenvalue weighted by Gasteiger charge is -2.14. The lowest BCUT2D eigenvalue weighted by Crippen LogP contribution is -2.12. The quantitative estimate of drug-likeness (QED) is 0.834. The van der Waals surface area contributed by atoms with E-state index in [0.717, 1.165) is 12.8 Å². The molecule has 0 saturated carbocycles. The fourth-order valence-corrected chi connectivity index (χ4v) is 1.63. The highest BCUT2D eigenvalue weighted by atomic mass is 35.5. The number of aliphatic hydroxyl groups excluding tert-OH is 1. The lowest BCUT2D eigenvalue weighted by molar-refractivity contribution is 0.280. The van der Waals surface area contributed by atoms with Gasteiger partial charge < -0.3 is 10.8 Å². The molecule has 1 aromatic carbocycles. The molecule has 2 nitrogen and oxygen atoms in total. The number of hydrogen-bond donors (Lipinski definition) is 2. The first-order valence-corrected chi connectivity index (χ1v) is 5.08. The van der Waals surface area contributed by atoms with Crippen LogP contribution < -0.4 is 5.73 Å². The molecule has 0 bridgehead atoms. The maximum absolute atomic E-state index is 8.73. The third kappa shape index (κ3) is 4.20. The fourth-order valence-electron chi connectivity index (χ4n) is 1.63. The summed E-state index contributed by atoms with van der Waals surface area (Å²) in [6.45, 7) is 4.37. The van der Waals surface area contributed by atoms with Crippen LogP contribution >= 0.6 is 12.4 Å². The van der Waals surface area contributed by atoms with Gasteiger partial charge in [-0.15, -0.1) is 12.4 Å². The zero-order chi connectivity index (χ0) is 10.6. The van der Waals surface area contributed by atoms with Crippen LogP contribution in [0.4, 0.5) is 0 Å². The van der Waals surface area contributed by atoms with Gasteiger partial charge in [0.15, 0.2) is 0 Å². The Hall–Kier alpha value is -0.570. The van der Waals surface area contributed by atoms with Crippen molar-refractivity contribution >= 4 is 12.4 Å². The minimum atomic E-state index is 0. The van der Waals surface area contributed by atoms with Gasteiger partial charge in [0.1, 0.15) is 0 Å². The van der Waals surface area contributed by atoms with Crippen LogP contribution in [-0.4, -0.2) is 11.7 Å². The summed E-state index contributed by atoms with van der Waals surface area (Å²) >= 11 is 0. The molecule has 0 amide bonds. The van der Waals surface area contributed by atoms with Crippen molar-refractivity contribution < 1.29 is 5.11 Å². The van der Waals surface area contributed by atoms with Crippen molar-refractivity contribution in [2.45, 2.75) is 32.7 Å². The van der Waals surface area contributed by atoms with E-state index < -0.39 is 0 Å². The van der Waals surface area contributed by atoms with Gasteiger partial charge in [-0.2, -0.15) is 0 Å². The summed E-state index contributed by atoms with van der Waals surface area (Å²) in [6, 6.07) is 6.39. The van der Waals surface area contributed by atoms with Crippen molar-refractivity contribution in [2.24, 2.45) is 5.73 Å². The zero-order valence-corrected chi connectivity index (χ0v) is 10.2. The second kappa shape index (κ2) is 6.83. The van der Waals surface area contributed by atoms with Gasteiger partial charge in [-0.3, -0.25) is 0 Å². The van der Waals surface area contributed by atoms with E-state index in [1.807, 2.05) is 0 Å². The first kappa shape index (κ1) is 14.4. The summed E-state index contributed by atoms with van der Waals surface area (Å²) in [4.78, 5) is 0. The Kier molecular flexibility index (Phi) is 6.57. The van der Waals surface area contributed by atoms with Crippen LogP contribution in [0.2, 0.25) is 0 Å². The molecule has 1 atom stereocenters. The summed E-state index contributed by atoms with van der Waals surface area (Å²) in [5.41, 5.74) is 9.72. The van der Waals surface area contributed by atoms with Gasteiger partial charge in [-0.25, -0.2) is 0 Å². The van der Waals surface area contributed by atoms with Gasteiger partial charge in [-0.1, -0.05) is 23.8 Å². The molecule has 1 aromatic rings. The highest BCUT2D eigenvalue weighted by molar-refractivity contribution is 5.85. The Bertz CT molecular complexity index is 302. The minimum absolute atomic E-state index is 0. The Morgan fingerprint density at radius 2 is 2.00 bits per heavy atom. The molecule has 0 aliphatic heterocycles. The van der Waals surface area contributed by atoms with Gasteiger partial charge >= 0.3 is 0 Å². The van der Waals surface area contributed by atoms with E-state index in [9.17, 15) is 0 Å². The number of nitrogens with two attached hydrogens (primary N) is 1. The maximum atomic E-state index is 8.73. The number of aliphatic hydroxyl groups is 1. The average Bonchev–Trinajstić information content (AvgIpc) is 2.18. The monoisotopic (exact) mass is 229 g/mol. The highest BCUT2D eigenvalue weighted by Crippen LogP contribution is 2.20. The summed E-state index contributed by atoms with van der Waals surface area (Å²) in [5.74, 6) is 0. The van der Waals surface area contributed by atoms with E-state index in [-0.39, 0.29) is 25.1 Å². The van der Waals surface area contributed by atoms with E-state index in [1.54, 1.807) is 0 Å². The maximum Gasteiger partial charge on any atom is 0.0431 e. The molecule has 15 heavy (non-hydrogen) atoms. The molecule has 0 aromatic heterocycles. The third-order valence-corrected chi connectivity index (χ3v) is 2.51. The molecule has 0 heterocycles. The van der Waals surface area contributed by atoms with E-state index >= 15 is 0 Å². The normalized spacial score (nSPS) is 12.0. The first-order chi connectivity index (χ1) is 6.65. The standard InChI is InChI=1S/C12H19NO.ClH/c1-9-5-6-10(2)11(8-9)12(13)4-3-7-14;/h5-6,8,12,14H,3-4,7,13H2,1-2H3;1H/t12-;/m0./s1. The van der Waals surface area contributed by atoms with Crippen LogP contribution in [0.1, 0.15) is 35.6 Å². The molecule has 0 fully saturated rings. The zero-order valence-electron chi connectivity index (χ0n) is 9.36. The Labute approximate surface area is 97.9 Å². The van der Waals surface area contributed by atoms with Gasteiger partial charge in [0, 0.05) is 12.6 Å². The van der Waals surface area contributed by atoms with Crippen LogP contribution in [0.3, 0.4) is 0 Å². The molecule has 86 valence electrons. The Morgan fingerprint density at radius 1 is 1.33 bits per heavy atom. The van der Waals surface area contributed by atoms with Crippen molar-refractivity contribution in [1.82, 2.24) is 0 Å². The highest BCUT2D eigenvalue weighted by Gasteiger charge is 2.08. The molecule has 3 N–H and O–H groups in total. The molecule has 0 unspecified atom stereocenters. The van der Waals surface area contributed by atoms with Crippen LogP contribution in [0.5, 0.6) is 0 Å². The second-order valence-electron chi connectivity index (χ2n) is 3.83. The minimum Gasteiger partial charge on any atom is -0.396 e.